The summed E-state index contributed by atoms with van der Waals surface area (Å²) in [5.41, 5.74) is 0.959. The molecule has 6 heteroatoms. The third kappa shape index (κ3) is 2.78. The largest absolute Gasteiger partial charge is 0.507 e. The first kappa shape index (κ1) is 15.9. The van der Waals surface area contributed by atoms with Crippen LogP contribution in [0.15, 0.2) is 30.3 Å². The topological polar surface area (TPSA) is 93.1 Å². The molecule has 0 spiro atoms. The maximum absolute atomic E-state index is 11.5. The minimum atomic E-state index is -0.698. The number of benzene rings is 2. The van der Waals surface area contributed by atoms with Gasteiger partial charge in [-0.1, -0.05) is 0 Å². The summed E-state index contributed by atoms with van der Waals surface area (Å²) in [5, 5.41) is 20.0. The molecule has 124 valence electrons. The van der Waals surface area contributed by atoms with Gasteiger partial charge in [-0.05, 0) is 38.1 Å². The fourth-order valence-electron chi connectivity index (χ4n) is 2.66. The normalized spacial score (nSPS) is 15.5. The molecule has 0 radical (unpaired) electrons. The van der Waals surface area contributed by atoms with Gasteiger partial charge >= 0.3 is 0 Å². The second-order valence-electron chi connectivity index (χ2n) is 5.60. The molecule has 1 aliphatic heterocycles. The predicted molar refractivity (Wildman–Crippen MR) is 85.0 cm³/mol. The van der Waals surface area contributed by atoms with Crippen molar-refractivity contribution in [2.75, 3.05) is 0 Å². The van der Waals surface area contributed by atoms with Crippen LogP contribution in [0.5, 0.6) is 23.0 Å². The maximum Gasteiger partial charge on any atom is 0.245 e. The number of ketones is 2. The van der Waals surface area contributed by atoms with Crippen molar-refractivity contribution < 1.29 is 29.3 Å². The third-order valence-electron chi connectivity index (χ3n) is 3.86. The molecule has 6 nitrogen and oxygen atoms in total. The van der Waals surface area contributed by atoms with E-state index in [-0.39, 0.29) is 40.6 Å². The monoisotopic (exact) mass is 328 g/mol. The summed E-state index contributed by atoms with van der Waals surface area (Å²) in [6, 6.07) is 7.49. The zero-order valence-electron chi connectivity index (χ0n) is 13.2. The Morgan fingerprint density at radius 1 is 1.08 bits per heavy atom. The first-order valence-corrected chi connectivity index (χ1v) is 7.40. The zero-order chi connectivity index (χ0) is 17.4. The zero-order valence-corrected chi connectivity index (χ0v) is 13.2. The van der Waals surface area contributed by atoms with E-state index in [0.717, 1.165) is 0 Å². The van der Waals surface area contributed by atoms with Crippen LogP contribution in [0, 0.1) is 0 Å². The molecule has 3 rings (SSSR count). The summed E-state index contributed by atoms with van der Waals surface area (Å²) in [7, 11) is 0. The number of carbonyl (C=O) groups is 2. The van der Waals surface area contributed by atoms with Crippen molar-refractivity contribution in [2.24, 2.45) is 0 Å². The number of fused-ring (bicyclic) bond motifs is 1. The first-order chi connectivity index (χ1) is 11.4. The molecule has 0 aromatic heterocycles. The van der Waals surface area contributed by atoms with Gasteiger partial charge < -0.3 is 19.7 Å². The van der Waals surface area contributed by atoms with Crippen molar-refractivity contribution >= 4 is 11.6 Å². The van der Waals surface area contributed by atoms with Crippen LogP contribution in [0.25, 0.3) is 0 Å². The number of rotatable bonds is 4. The molecule has 0 unspecified atom stereocenters. The summed E-state index contributed by atoms with van der Waals surface area (Å²) in [4.78, 5) is 22.8. The SMILES string of the molecule is CC(=O)c1ccc(O[C@@H]2Cc3c(ccc(C(C)=O)c3O)O2)cc1O. The molecule has 0 saturated carbocycles. The Morgan fingerprint density at radius 3 is 2.38 bits per heavy atom. The number of hydrogen-bond donors (Lipinski definition) is 2. The lowest BCUT2D eigenvalue weighted by Gasteiger charge is -2.14. The second kappa shape index (κ2) is 5.88. The van der Waals surface area contributed by atoms with E-state index in [1.54, 1.807) is 12.1 Å². The number of hydrogen-bond acceptors (Lipinski definition) is 6. The van der Waals surface area contributed by atoms with Gasteiger partial charge in [0.05, 0.1) is 17.5 Å². The van der Waals surface area contributed by atoms with Gasteiger partial charge in [0.1, 0.15) is 23.0 Å². The number of carbonyl (C=O) groups excluding carboxylic acids is 2. The molecular formula is C18H16O6. The van der Waals surface area contributed by atoms with Gasteiger partial charge in [-0.15, -0.1) is 0 Å². The Balaban J connectivity index is 1.79. The van der Waals surface area contributed by atoms with Crippen LogP contribution >= 0.6 is 0 Å². The van der Waals surface area contributed by atoms with Gasteiger partial charge in [-0.25, -0.2) is 0 Å². The molecule has 0 bridgehead atoms. The Labute approximate surface area is 138 Å². The van der Waals surface area contributed by atoms with Gasteiger partial charge in [-0.3, -0.25) is 9.59 Å². The predicted octanol–water partition coefficient (Wildman–Crippen LogP) is 2.84. The average Bonchev–Trinajstić information content (AvgIpc) is 2.90. The van der Waals surface area contributed by atoms with E-state index in [1.807, 2.05) is 0 Å². The summed E-state index contributed by atoms with van der Waals surface area (Å²) >= 11 is 0. The Morgan fingerprint density at radius 2 is 1.75 bits per heavy atom. The number of phenolic OH excluding ortho intramolecular Hbond substituents is 2. The molecule has 24 heavy (non-hydrogen) atoms. The van der Waals surface area contributed by atoms with Gasteiger partial charge in [0.25, 0.3) is 0 Å². The second-order valence-corrected chi connectivity index (χ2v) is 5.60. The molecule has 0 amide bonds. The van der Waals surface area contributed by atoms with Crippen LogP contribution in [0.3, 0.4) is 0 Å². The molecule has 0 aliphatic carbocycles. The number of phenols is 2. The van der Waals surface area contributed by atoms with E-state index in [4.69, 9.17) is 9.47 Å². The number of aromatic hydroxyl groups is 2. The number of Topliss-reactive ketones (excluding diaryl/α,β-unsaturated/α-hetero) is 2. The molecule has 1 atom stereocenters. The molecule has 1 heterocycles. The summed E-state index contributed by atoms with van der Waals surface area (Å²) in [6.45, 7) is 2.74. The van der Waals surface area contributed by atoms with E-state index in [0.29, 0.717) is 17.1 Å². The van der Waals surface area contributed by atoms with Crippen molar-refractivity contribution in [1.82, 2.24) is 0 Å². The van der Waals surface area contributed by atoms with Crippen molar-refractivity contribution in [1.29, 1.82) is 0 Å². The molecule has 2 aromatic rings. The fourth-order valence-corrected chi connectivity index (χ4v) is 2.66. The highest BCUT2D eigenvalue weighted by Gasteiger charge is 2.29. The minimum absolute atomic E-state index is 0.0964. The quantitative estimate of drug-likeness (QED) is 0.838. The lowest BCUT2D eigenvalue weighted by molar-refractivity contribution is 0.0250. The van der Waals surface area contributed by atoms with Gasteiger partial charge in [0.15, 0.2) is 11.6 Å². The highest BCUT2D eigenvalue weighted by molar-refractivity contribution is 5.97. The maximum atomic E-state index is 11.5. The lowest BCUT2D eigenvalue weighted by atomic mass is 10.0. The van der Waals surface area contributed by atoms with Crippen molar-refractivity contribution in [2.45, 2.75) is 26.6 Å². The minimum Gasteiger partial charge on any atom is -0.507 e. The van der Waals surface area contributed by atoms with Gasteiger partial charge in [0, 0.05) is 11.6 Å². The summed E-state index contributed by atoms with van der Waals surface area (Å²) in [5.74, 6) is 0.0430. The highest BCUT2D eigenvalue weighted by Crippen LogP contribution is 2.38. The van der Waals surface area contributed by atoms with Gasteiger partial charge in [0.2, 0.25) is 6.29 Å². The lowest BCUT2D eigenvalue weighted by Crippen LogP contribution is -2.21. The fraction of sp³-hybridized carbons (Fsp3) is 0.222. The first-order valence-electron chi connectivity index (χ1n) is 7.40. The number of ether oxygens (including phenoxy) is 2. The standard InChI is InChI=1S/C18H16O6/c1-9(19)12-4-3-11(7-15(12)21)23-17-8-14-16(24-17)6-5-13(10(2)20)18(14)22/h3-7,17,21-22H,8H2,1-2H3/t17-/m0/s1. The average molecular weight is 328 g/mol. The Kier molecular flexibility index (Phi) is 3.89. The Bertz CT molecular complexity index is 840. The molecule has 2 N–H and O–H groups in total. The molecular weight excluding hydrogens is 312 g/mol. The Hall–Kier alpha value is -3.02. The molecule has 2 aromatic carbocycles. The van der Waals surface area contributed by atoms with Crippen LogP contribution in [-0.2, 0) is 6.42 Å². The highest BCUT2D eigenvalue weighted by atomic mass is 16.7. The van der Waals surface area contributed by atoms with Crippen molar-refractivity contribution in [3.05, 3.63) is 47.0 Å². The van der Waals surface area contributed by atoms with Gasteiger partial charge in [-0.2, -0.15) is 0 Å². The third-order valence-corrected chi connectivity index (χ3v) is 3.86. The molecule has 0 saturated heterocycles. The smallest absolute Gasteiger partial charge is 0.245 e. The van der Waals surface area contributed by atoms with Crippen LogP contribution < -0.4 is 9.47 Å². The van der Waals surface area contributed by atoms with Crippen LogP contribution in [0.2, 0.25) is 0 Å². The summed E-state index contributed by atoms with van der Waals surface area (Å²) in [6.07, 6.45) is -0.437. The van der Waals surface area contributed by atoms with Crippen molar-refractivity contribution in [3.8, 4) is 23.0 Å². The van der Waals surface area contributed by atoms with E-state index in [2.05, 4.69) is 0 Å². The van der Waals surface area contributed by atoms with Crippen molar-refractivity contribution in [3.63, 3.8) is 0 Å². The molecule has 1 aliphatic rings. The summed E-state index contributed by atoms with van der Waals surface area (Å²) < 4.78 is 11.2. The van der Waals surface area contributed by atoms with Crippen LogP contribution in [0.1, 0.15) is 40.1 Å². The van der Waals surface area contributed by atoms with Crippen LogP contribution in [-0.4, -0.2) is 28.1 Å². The molecule has 0 fully saturated rings. The van der Waals surface area contributed by atoms with E-state index in [9.17, 15) is 19.8 Å². The van der Waals surface area contributed by atoms with Crippen LogP contribution in [0.4, 0.5) is 0 Å². The van der Waals surface area contributed by atoms with E-state index in [1.165, 1.54) is 32.0 Å². The van der Waals surface area contributed by atoms with E-state index < -0.39 is 6.29 Å². The van der Waals surface area contributed by atoms with E-state index >= 15 is 0 Å².